The number of nitrogens with zero attached hydrogens (tertiary/aromatic N) is 2. The summed E-state index contributed by atoms with van der Waals surface area (Å²) in [6.07, 6.45) is 3.24. The van der Waals surface area contributed by atoms with E-state index < -0.39 is 0 Å². The molecule has 2 rings (SSSR count). The second kappa shape index (κ2) is 7.95. The van der Waals surface area contributed by atoms with Crippen LogP contribution < -0.4 is 5.56 Å². The van der Waals surface area contributed by atoms with Crippen molar-refractivity contribution < 1.29 is 9.53 Å². The van der Waals surface area contributed by atoms with E-state index in [1.54, 1.807) is 6.92 Å². The molecule has 1 aromatic rings. The van der Waals surface area contributed by atoms with Gasteiger partial charge in [-0.1, -0.05) is 39.0 Å². The van der Waals surface area contributed by atoms with Gasteiger partial charge < -0.3 is 4.74 Å². The minimum atomic E-state index is -0.281. The van der Waals surface area contributed by atoms with Crippen molar-refractivity contribution in [2.24, 2.45) is 17.8 Å². The van der Waals surface area contributed by atoms with Gasteiger partial charge in [-0.25, -0.2) is 0 Å². The van der Waals surface area contributed by atoms with Crippen molar-refractivity contribution in [3.8, 4) is 0 Å². The zero-order valence-electron chi connectivity index (χ0n) is 14.2. The highest BCUT2D eigenvalue weighted by Crippen LogP contribution is 2.35. The van der Waals surface area contributed by atoms with Crippen LogP contribution in [0.2, 0.25) is 0 Å². The first kappa shape index (κ1) is 18.0. The predicted octanol–water partition coefficient (Wildman–Crippen LogP) is 2.57. The quantitative estimate of drug-likeness (QED) is 0.655. The van der Waals surface area contributed by atoms with E-state index in [9.17, 15) is 9.59 Å². The van der Waals surface area contributed by atoms with Gasteiger partial charge >= 0.3 is 5.97 Å². The molecule has 1 fully saturated rings. The van der Waals surface area contributed by atoms with E-state index in [1.165, 1.54) is 6.42 Å². The van der Waals surface area contributed by atoms with Gasteiger partial charge in [-0.3, -0.25) is 14.6 Å². The second-order valence-electron chi connectivity index (χ2n) is 6.69. The molecule has 1 saturated carbocycles. The Bertz CT molecular complexity index is 602. The number of hydrogen-bond acceptors (Lipinski definition) is 6. The van der Waals surface area contributed by atoms with Crippen LogP contribution in [0.4, 0.5) is 0 Å². The number of carbonyl (C=O) groups is 1. The summed E-state index contributed by atoms with van der Waals surface area (Å²) in [5.41, 5.74) is 0.0322. The number of carbonyl (C=O) groups excluding carboxylic acids is 1. The Morgan fingerprint density at radius 3 is 2.78 bits per heavy atom. The first-order chi connectivity index (χ1) is 10.9. The van der Waals surface area contributed by atoms with Crippen molar-refractivity contribution >= 4 is 17.7 Å². The van der Waals surface area contributed by atoms with Crippen molar-refractivity contribution in [2.45, 2.75) is 58.2 Å². The maximum atomic E-state index is 12.1. The van der Waals surface area contributed by atoms with E-state index >= 15 is 0 Å². The maximum absolute atomic E-state index is 12.1. The standard InChI is InChI=1S/C16H25N3O3S/c1-9(2)12-6-5-10(3)7-13(12)22-14(20)8-23-16-17-15(21)11(4)18-19-16/h9-10,12-13H,5-8H2,1-4H3,(H,17,19,21)/t10-,12+,13+/m0/s1. The van der Waals surface area contributed by atoms with E-state index in [2.05, 4.69) is 36.0 Å². The molecule has 0 bridgehead atoms. The van der Waals surface area contributed by atoms with Gasteiger partial charge in [0.15, 0.2) is 5.16 Å². The molecule has 0 amide bonds. The van der Waals surface area contributed by atoms with Gasteiger partial charge in [0, 0.05) is 0 Å². The van der Waals surface area contributed by atoms with Crippen LogP contribution in [0.1, 0.15) is 45.7 Å². The van der Waals surface area contributed by atoms with E-state index in [0.717, 1.165) is 24.6 Å². The molecule has 0 aromatic carbocycles. The van der Waals surface area contributed by atoms with Gasteiger partial charge in [-0.2, -0.15) is 0 Å². The van der Waals surface area contributed by atoms with Gasteiger partial charge in [0.2, 0.25) is 0 Å². The third-order valence-electron chi connectivity index (χ3n) is 4.41. The summed E-state index contributed by atoms with van der Waals surface area (Å²) in [6.45, 7) is 8.16. The molecule has 0 aliphatic heterocycles. The Morgan fingerprint density at radius 2 is 2.13 bits per heavy atom. The van der Waals surface area contributed by atoms with Gasteiger partial charge in [0.25, 0.3) is 5.56 Å². The van der Waals surface area contributed by atoms with Crippen LogP contribution in [-0.4, -0.2) is 33.0 Å². The molecule has 3 atom stereocenters. The summed E-state index contributed by atoms with van der Waals surface area (Å²) in [5, 5.41) is 7.96. The van der Waals surface area contributed by atoms with Crippen LogP contribution in [0.5, 0.6) is 0 Å². The average Bonchev–Trinajstić information content (AvgIpc) is 2.48. The molecule has 7 heteroatoms. The molecule has 1 aliphatic rings. The first-order valence-corrected chi connectivity index (χ1v) is 9.11. The van der Waals surface area contributed by atoms with E-state index in [0.29, 0.717) is 28.6 Å². The fourth-order valence-corrected chi connectivity index (χ4v) is 3.61. The van der Waals surface area contributed by atoms with Crippen LogP contribution in [0, 0.1) is 24.7 Å². The van der Waals surface area contributed by atoms with Crippen LogP contribution in [0.25, 0.3) is 0 Å². The van der Waals surface area contributed by atoms with Crippen LogP contribution >= 0.6 is 11.8 Å². The Kier molecular flexibility index (Phi) is 6.21. The highest BCUT2D eigenvalue weighted by Gasteiger charge is 2.33. The normalized spacial score (nSPS) is 24.7. The molecule has 128 valence electrons. The topological polar surface area (TPSA) is 84.9 Å². The molecule has 1 heterocycles. The molecule has 1 N–H and O–H groups in total. The smallest absolute Gasteiger partial charge is 0.316 e. The van der Waals surface area contributed by atoms with E-state index in [4.69, 9.17) is 4.74 Å². The van der Waals surface area contributed by atoms with Crippen molar-refractivity contribution in [1.82, 2.24) is 15.2 Å². The number of aromatic nitrogens is 3. The minimum absolute atomic E-state index is 0.00463. The summed E-state index contributed by atoms with van der Waals surface area (Å²) < 4.78 is 5.71. The number of thioether (sulfide) groups is 1. The van der Waals surface area contributed by atoms with Gasteiger partial charge in [-0.15, -0.1) is 10.2 Å². The SMILES string of the molecule is Cc1nnc(SCC(=O)O[C@@H]2C[C@@H](C)CC[C@@H]2C(C)C)[nH]c1=O. The lowest BCUT2D eigenvalue weighted by atomic mass is 9.75. The molecular weight excluding hydrogens is 314 g/mol. The molecule has 6 nitrogen and oxygen atoms in total. The lowest BCUT2D eigenvalue weighted by molar-refractivity contribution is -0.152. The number of ether oxygens (including phenoxy) is 1. The lowest BCUT2D eigenvalue weighted by Gasteiger charge is -2.36. The van der Waals surface area contributed by atoms with Crippen LogP contribution in [0.3, 0.4) is 0 Å². The number of hydrogen-bond donors (Lipinski definition) is 1. The van der Waals surface area contributed by atoms with Crippen molar-refractivity contribution in [3.05, 3.63) is 16.0 Å². The Morgan fingerprint density at radius 1 is 1.39 bits per heavy atom. The molecule has 1 aliphatic carbocycles. The number of H-pyrrole nitrogens is 1. The van der Waals surface area contributed by atoms with E-state index in [1.807, 2.05) is 0 Å². The summed E-state index contributed by atoms with van der Waals surface area (Å²) in [7, 11) is 0. The number of aryl methyl sites for hydroxylation is 1. The summed E-state index contributed by atoms with van der Waals surface area (Å²) in [6, 6.07) is 0. The van der Waals surface area contributed by atoms with E-state index in [-0.39, 0.29) is 23.4 Å². The van der Waals surface area contributed by atoms with Gasteiger partial charge in [0.05, 0.1) is 5.75 Å². The number of esters is 1. The van der Waals surface area contributed by atoms with Crippen molar-refractivity contribution in [1.29, 1.82) is 0 Å². The molecule has 0 radical (unpaired) electrons. The minimum Gasteiger partial charge on any atom is -0.461 e. The molecule has 0 saturated heterocycles. The van der Waals surface area contributed by atoms with Crippen molar-refractivity contribution in [2.75, 3.05) is 5.75 Å². The number of aromatic amines is 1. The average molecular weight is 339 g/mol. The first-order valence-electron chi connectivity index (χ1n) is 8.12. The second-order valence-corrected chi connectivity index (χ2v) is 7.65. The van der Waals surface area contributed by atoms with Crippen molar-refractivity contribution in [3.63, 3.8) is 0 Å². The molecule has 0 spiro atoms. The number of rotatable bonds is 5. The summed E-state index contributed by atoms with van der Waals surface area (Å²) in [5.74, 6) is 1.40. The largest absolute Gasteiger partial charge is 0.461 e. The summed E-state index contributed by atoms with van der Waals surface area (Å²) >= 11 is 1.15. The lowest BCUT2D eigenvalue weighted by Crippen LogP contribution is -2.36. The van der Waals surface area contributed by atoms with Crippen LogP contribution in [-0.2, 0) is 9.53 Å². The van der Waals surface area contributed by atoms with Gasteiger partial charge in [0.1, 0.15) is 11.8 Å². The zero-order valence-corrected chi connectivity index (χ0v) is 15.0. The molecule has 0 unspecified atom stereocenters. The summed E-state index contributed by atoms with van der Waals surface area (Å²) in [4.78, 5) is 26.2. The monoisotopic (exact) mass is 339 g/mol. The highest BCUT2D eigenvalue weighted by molar-refractivity contribution is 7.99. The maximum Gasteiger partial charge on any atom is 0.316 e. The predicted molar refractivity (Wildman–Crippen MR) is 89.3 cm³/mol. The molecular formula is C16H25N3O3S. The Balaban J connectivity index is 1.89. The Labute approximate surface area is 140 Å². The van der Waals surface area contributed by atoms with Gasteiger partial charge in [-0.05, 0) is 37.5 Å². The Hall–Kier alpha value is -1.37. The number of nitrogens with one attached hydrogen (secondary N) is 1. The highest BCUT2D eigenvalue weighted by atomic mass is 32.2. The zero-order chi connectivity index (χ0) is 17.0. The third kappa shape index (κ3) is 5.06. The third-order valence-corrected chi connectivity index (χ3v) is 5.25. The van der Waals surface area contributed by atoms with Crippen LogP contribution in [0.15, 0.2) is 9.95 Å². The molecule has 1 aromatic heterocycles. The fourth-order valence-electron chi connectivity index (χ4n) is 3.02. The fraction of sp³-hybridized carbons (Fsp3) is 0.750. The molecule has 23 heavy (non-hydrogen) atoms.